The van der Waals surface area contributed by atoms with Gasteiger partial charge in [0.1, 0.15) is 0 Å². The van der Waals surface area contributed by atoms with Crippen LogP contribution < -0.4 is 10.9 Å². The maximum atomic E-state index is 12.7. The number of hydrogen-bond acceptors (Lipinski definition) is 5. The van der Waals surface area contributed by atoms with Gasteiger partial charge in [-0.2, -0.15) is 0 Å². The van der Waals surface area contributed by atoms with Gasteiger partial charge in [0, 0.05) is 58.8 Å². The maximum Gasteiger partial charge on any atom is 0.337 e. The molecule has 44 heavy (non-hydrogen) atoms. The number of pyridine rings is 1. The average molecular weight is 627 g/mol. The molecule has 0 spiro atoms. The van der Waals surface area contributed by atoms with Gasteiger partial charge >= 0.3 is 5.97 Å². The molecule has 0 aliphatic carbocycles. The van der Waals surface area contributed by atoms with Gasteiger partial charge in [-0.15, -0.1) is 0 Å². The summed E-state index contributed by atoms with van der Waals surface area (Å²) in [5, 5.41) is 6.04. The molecule has 0 radical (unpaired) electrons. The Balaban J connectivity index is 1.24. The Labute approximate surface area is 266 Å². The minimum absolute atomic E-state index is 0.0466. The van der Waals surface area contributed by atoms with Gasteiger partial charge in [-0.1, -0.05) is 65.7 Å². The number of halogens is 2. The molecule has 5 aromatic rings. The molecule has 0 atom stereocenters. The van der Waals surface area contributed by atoms with Crippen LogP contribution >= 0.6 is 23.2 Å². The van der Waals surface area contributed by atoms with Gasteiger partial charge in [0.05, 0.1) is 18.2 Å². The van der Waals surface area contributed by atoms with Gasteiger partial charge in [-0.3, -0.25) is 9.69 Å². The van der Waals surface area contributed by atoms with Crippen LogP contribution in [0.2, 0.25) is 10.0 Å². The van der Waals surface area contributed by atoms with Gasteiger partial charge in [0.2, 0.25) is 5.56 Å². The van der Waals surface area contributed by atoms with Crippen molar-refractivity contribution in [1.82, 2.24) is 9.88 Å². The van der Waals surface area contributed by atoms with Crippen LogP contribution in [0, 0.1) is 0 Å². The highest BCUT2D eigenvalue weighted by atomic mass is 35.5. The molecule has 0 unspecified atom stereocenters. The zero-order valence-corrected chi connectivity index (χ0v) is 25.9. The van der Waals surface area contributed by atoms with Crippen molar-refractivity contribution in [2.24, 2.45) is 0 Å². The van der Waals surface area contributed by atoms with Crippen molar-refractivity contribution < 1.29 is 9.53 Å². The van der Waals surface area contributed by atoms with Crippen LogP contribution in [0.15, 0.2) is 102 Å². The van der Waals surface area contributed by atoms with Crippen LogP contribution in [0.1, 0.15) is 51.4 Å². The second-order valence-electron chi connectivity index (χ2n) is 11.3. The third-order valence-electron chi connectivity index (χ3n) is 8.31. The summed E-state index contributed by atoms with van der Waals surface area (Å²) in [6.45, 7) is 2.58. The number of benzene rings is 4. The van der Waals surface area contributed by atoms with Crippen molar-refractivity contribution in [3.05, 3.63) is 145 Å². The summed E-state index contributed by atoms with van der Waals surface area (Å²) in [5.74, 6) is -0.370. The van der Waals surface area contributed by atoms with E-state index in [1.54, 1.807) is 12.1 Å². The lowest BCUT2D eigenvalue weighted by molar-refractivity contribution is 0.0600. The average Bonchev–Trinajstić information content (AvgIpc) is 3.04. The summed E-state index contributed by atoms with van der Waals surface area (Å²) in [6, 6.07) is 31.6. The SMILES string of the molecule is COC(=O)c1cccc(CN2CCC(Nc3cc(=O)[nH]c4ccc(C(c5ccc(Cl)cc5)c5ccc(Cl)cc5)cc34)CC2)c1. The van der Waals surface area contributed by atoms with Crippen molar-refractivity contribution in [3.63, 3.8) is 0 Å². The van der Waals surface area contributed by atoms with Crippen LogP contribution in [0.5, 0.6) is 0 Å². The molecule has 8 heteroatoms. The molecule has 1 saturated heterocycles. The van der Waals surface area contributed by atoms with Crippen molar-refractivity contribution in [1.29, 1.82) is 0 Å². The predicted octanol–water partition coefficient (Wildman–Crippen LogP) is 7.88. The number of nitrogens with one attached hydrogen (secondary N) is 2. The van der Waals surface area contributed by atoms with E-state index >= 15 is 0 Å². The molecule has 0 bridgehead atoms. The molecular formula is C36H33Cl2N3O3. The molecule has 4 aromatic carbocycles. The summed E-state index contributed by atoms with van der Waals surface area (Å²) in [7, 11) is 1.40. The number of aromatic nitrogens is 1. The smallest absolute Gasteiger partial charge is 0.337 e. The third kappa shape index (κ3) is 6.83. The predicted molar refractivity (Wildman–Crippen MR) is 178 cm³/mol. The Bertz CT molecular complexity index is 1780. The molecular weight excluding hydrogens is 593 g/mol. The monoisotopic (exact) mass is 625 g/mol. The number of likely N-dealkylation sites (tertiary alicyclic amines) is 1. The molecule has 224 valence electrons. The van der Waals surface area contributed by atoms with E-state index in [1.165, 1.54) is 7.11 Å². The Morgan fingerprint density at radius 3 is 2.16 bits per heavy atom. The Morgan fingerprint density at radius 2 is 1.52 bits per heavy atom. The molecule has 2 N–H and O–H groups in total. The van der Waals surface area contributed by atoms with Gasteiger partial charge < -0.3 is 15.0 Å². The molecule has 1 fully saturated rings. The lowest BCUT2D eigenvalue weighted by atomic mass is 9.84. The van der Waals surface area contributed by atoms with E-state index in [2.05, 4.69) is 51.6 Å². The Hall–Kier alpha value is -4.10. The number of aromatic amines is 1. The van der Waals surface area contributed by atoms with Crippen molar-refractivity contribution in [2.45, 2.75) is 31.3 Å². The third-order valence-corrected chi connectivity index (χ3v) is 8.81. The minimum atomic E-state index is -0.323. The van der Waals surface area contributed by atoms with Crippen LogP contribution in [0.4, 0.5) is 5.69 Å². The number of esters is 1. The van der Waals surface area contributed by atoms with Crippen molar-refractivity contribution in [3.8, 4) is 0 Å². The number of piperidine rings is 1. The second kappa shape index (κ2) is 13.3. The van der Waals surface area contributed by atoms with Gasteiger partial charge in [0.15, 0.2) is 0 Å². The summed E-state index contributed by atoms with van der Waals surface area (Å²) >= 11 is 12.5. The number of rotatable bonds is 8. The quantitative estimate of drug-likeness (QED) is 0.135. The van der Waals surface area contributed by atoms with E-state index < -0.39 is 0 Å². The molecule has 6 nitrogen and oxygen atoms in total. The number of nitrogens with zero attached hydrogens (tertiary/aromatic N) is 1. The number of carbonyl (C=O) groups excluding carboxylic acids is 1. The van der Waals surface area contributed by atoms with E-state index in [4.69, 9.17) is 27.9 Å². The van der Waals surface area contributed by atoms with Crippen LogP contribution in [0.3, 0.4) is 0 Å². The highest BCUT2D eigenvalue weighted by Crippen LogP contribution is 2.36. The number of carbonyl (C=O) groups is 1. The number of hydrogen-bond donors (Lipinski definition) is 2. The number of fused-ring (bicyclic) bond motifs is 1. The molecule has 0 saturated carbocycles. The Kier molecular flexibility index (Phi) is 9.03. The van der Waals surface area contributed by atoms with E-state index in [-0.39, 0.29) is 23.5 Å². The normalized spacial score (nSPS) is 14.2. The number of H-pyrrole nitrogens is 1. The zero-order chi connectivity index (χ0) is 30.6. The molecule has 6 rings (SSSR count). The van der Waals surface area contributed by atoms with Gasteiger partial charge in [-0.05, 0) is 83.6 Å². The van der Waals surface area contributed by atoms with Crippen molar-refractivity contribution >= 4 is 45.8 Å². The van der Waals surface area contributed by atoms with Crippen LogP contribution in [-0.4, -0.2) is 42.1 Å². The summed E-state index contributed by atoms with van der Waals surface area (Å²) < 4.78 is 4.87. The summed E-state index contributed by atoms with van der Waals surface area (Å²) in [5.41, 5.74) is 6.46. The standard InChI is InChI=1S/C36H33Cl2N3O3/c1-44-36(43)27-4-2-3-23(19-27)22-41-17-15-30(16-18-41)39-33-21-34(42)40-32-14-9-26(20-31(32)33)35(24-5-10-28(37)11-6-24)25-7-12-29(38)13-8-25/h2-14,19-21,30,35H,15-18,22H2,1H3,(H2,39,40,42). The fourth-order valence-electron chi connectivity index (χ4n) is 6.09. The molecule has 2 heterocycles. The maximum absolute atomic E-state index is 12.7. The first-order valence-corrected chi connectivity index (χ1v) is 15.5. The minimum Gasteiger partial charge on any atom is -0.465 e. The number of anilines is 1. The largest absolute Gasteiger partial charge is 0.465 e. The van der Waals surface area contributed by atoms with E-state index in [1.807, 2.05) is 48.5 Å². The molecule has 1 aromatic heterocycles. The molecule has 1 aliphatic heterocycles. The summed E-state index contributed by atoms with van der Waals surface area (Å²) in [4.78, 5) is 30.0. The van der Waals surface area contributed by atoms with Gasteiger partial charge in [0.25, 0.3) is 0 Å². The van der Waals surface area contributed by atoms with Crippen LogP contribution in [0.25, 0.3) is 10.9 Å². The first kappa shape index (κ1) is 29.9. The Morgan fingerprint density at radius 1 is 0.886 bits per heavy atom. The lowest BCUT2D eigenvalue weighted by Crippen LogP contribution is -2.38. The molecule has 0 amide bonds. The number of methoxy groups -OCH3 is 1. The molecule has 1 aliphatic rings. The zero-order valence-electron chi connectivity index (χ0n) is 24.4. The van der Waals surface area contributed by atoms with E-state index in [0.29, 0.717) is 15.6 Å². The fourth-order valence-corrected chi connectivity index (χ4v) is 6.34. The highest BCUT2D eigenvalue weighted by Gasteiger charge is 2.22. The fraction of sp³-hybridized carbons (Fsp3) is 0.222. The number of ether oxygens (including phenoxy) is 1. The van der Waals surface area contributed by atoms with Crippen molar-refractivity contribution in [2.75, 3.05) is 25.5 Å². The highest BCUT2D eigenvalue weighted by molar-refractivity contribution is 6.30. The second-order valence-corrected chi connectivity index (χ2v) is 12.1. The van der Waals surface area contributed by atoms with E-state index in [9.17, 15) is 9.59 Å². The topological polar surface area (TPSA) is 74.4 Å². The first-order valence-electron chi connectivity index (χ1n) is 14.7. The lowest BCUT2D eigenvalue weighted by Gasteiger charge is -2.33. The summed E-state index contributed by atoms with van der Waals surface area (Å²) in [6.07, 6.45) is 1.87. The van der Waals surface area contributed by atoms with Gasteiger partial charge in [-0.25, -0.2) is 4.79 Å². The van der Waals surface area contributed by atoms with E-state index in [0.717, 1.165) is 71.3 Å². The first-order chi connectivity index (χ1) is 21.4. The van der Waals surface area contributed by atoms with Crippen LogP contribution in [-0.2, 0) is 11.3 Å².